The molecule has 1 N–H and O–H groups in total. The molecular weight excluding hydrogens is 116 g/mol. The summed E-state index contributed by atoms with van der Waals surface area (Å²) < 4.78 is 22.3. The molecule has 0 spiro atoms. The molecule has 0 saturated heterocycles. The van der Waals surface area contributed by atoms with Crippen molar-refractivity contribution in [3.63, 3.8) is 0 Å². The lowest BCUT2D eigenvalue weighted by Gasteiger charge is -1.96. The van der Waals surface area contributed by atoms with E-state index in [1.807, 2.05) is 5.32 Å². The van der Waals surface area contributed by atoms with Crippen LogP contribution < -0.4 is 5.32 Å². The van der Waals surface area contributed by atoms with Gasteiger partial charge in [-0.15, -0.1) is 0 Å². The fourth-order valence-electron chi connectivity index (χ4n) is 0.191. The lowest BCUT2D eigenvalue weighted by Crippen LogP contribution is -2.25. The SMILES string of the molecule is [CH2]C(=O)NCC(F)F. The van der Waals surface area contributed by atoms with E-state index < -0.39 is 18.9 Å². The van der Waals surface area contributed by atoms with E-state index in [-0.39, 0.29) is 0 Å². The lowest BCUT2D eigenvalue weighted by molar-refractivity contribution is -0.117. The van der Waals surface area contributed by atoms with E-state index in [1.54, 1.807) is 0 Å². The maximum atomic E-state index is 11.2. The summed E-state index contributed by atoms with van der Waals surface area (Å²) >= 11 is 0. The first-order valence-electron chi connectivity index (χ1n) is 2.01. The number of nitrogens with one attached hydrogen (secondary N) is 1. The van der Waals surface area contributed by atoms with Gasteiger partial charge < -0.3 is 5.32 Å². The summed E-state index contributed by atoms with van der Waals surface area (Å²) in [6.07, 6.45) is -2.49. The predicted molar refractivity (Wildman–Crippen MR) is 24.4 cm³/mol. The summed E-state index contributed by atoms with van der Waals surface area (Å²) in [6, 6.07) is 0. The molecule has 1 radical (unpaired) electrons. The zero-order valence-corrected chi connectivity index (χ0v) is 4.16. The quantitative estimate of drug-likeness (QED) is 0.557. The van der Waals surface area contributed by atoms with Crippen LogP contribution in [0.25, 0.3) is 0 Å². The van der Waals surface area contributed by atoms with E-state index in [0.29, 0.717) is 0 Å². The fourth-order valence-corrected chi connectivity index (χ4v) is 0.191. The maximum Gasteiger partial charge on any atom is 0.255 e. The van der Waals surface area contributed by atoms with Gasteiger partial charge >= 0.3 is 0 Å². The normalized spacial score (nSPS) is 9.50. The average molecular weight is 122 g/mol. The minimum atomic E-state index is -2.49. The Hall–Kier alpha value is -0.670. The molecule has 0 unspecified atom stereocenters. The Labute approximate surface area is 45.9 Å². The highest BCUT2D eigenvalue weighted by Crippen LogP contribution is 1.86. The Kier molecular flexibility index (Phi) is 3.07. The number of hydrogen-bond donors (Lipinski definition) is 1. The second kappa shape index (κ2) is 3.35. The van der Waals surface area contributed by atoms with Crippen LogP contribution in [-0.4, -0.2) is 18.9 Å². The van der Waals surface area contributed by atoms with Crippen LogP contribution in [0.15, 0.2) is 0 Å². The number of amides is 1. The maximum absolute atomic E-state index is 11.2. The van der Waals surface area contributed by atoms with Crippen LogP contribution in [0.2, 0.25) is 0 Å². The van der Waals surface area contributed by atoms with Gasteiger partial charge in [0.2, 0.25) is 5.91 Å². The fraction of sp³-hybridized carbons (Fsp3) is 0.500. The van der Waals surface area contributed by atoms with Crippen LogP contribution in [0.3, 0.4) is 0 Å². The van der Waals surface area contributed by atoms with Crippen LogP contribution in [0.4, 0.5) is 8.78 Å². The molecule has 0 aromatic carbocycles. The Morgan fingerprint density at radius 1 is 1.75 bits per heavy atom. The van der Waals surface area contributed by atoms with E-state index in [4.69, 9.17) is 0 Å². The summed E-state index contributed by atoms with van der Waals surface area (Å²) in [4.78, 5) is 9.79. The number of rotatable bonds is 2. The van der Waals surface area contributed by atoms with Gasteiger partial charge in [-0.1, -0.05) is 0 Å². The molecule has 0 atom stereocenters. The second-order valence-electron chi connectivity index (χ2n) is 1.20. The Morgan fingerprint density at radius 3 is 2.38 bits per heavy atom. The van der Waals surface area contributed by atoms with Gasteiger partial charge in [-0.2, -0.15) is 0 Å². The highest BCUT2D eigenvalue weighted by molar-refractivity contribution is 5.79. The highest BCUT2D eigenvalue weighted by Gasteiger charge is 2.00. The Balaban J connectivity index is 3.05. The van der Waals surface area contributed by atoms with Crippen LogP contribution in [0.1, 0.15) is 0 Å². The molecule has 0 aromatic heterocycles. The summed E-state index contributed by atoms with van der Waals surface area (Å²) in [5.41, 5.74) is 0. The van der Waals surface area contributed by atoms with Gasteiger partial charge in [0.1, 0.15) is 0 Å². The molecule has 47 valence electrons. The molecule has 0 aliphatic carbocycles. The van der Waals surface area contributed by atoms with Gasteiger partial charge in [-0.3, -0.25) is 4.79 Å². The van der Waals surface area contributed by atoms with Crippen molar-refractivity contribution in [3.8, 4) is 0 Å². The molecule has 8 heavy (non-hydrogen) atoms. The largest absolute Gasteiger partial charge is 0.350 e. The predicted octanol–water partition coefficient (Wildman–Crippen LogP) is 0.202. The van der Waals surface area contributed by atoms with Gasteiger partial charge in [-0.05, 0) is 0 Å². The van der Waals surface area contributed by atoms with Crippen molar-refractivity contribution >= 4 is 5.91 Å². The van der Waals surface area contributed by atoms with E-state index in [2.05, 4.69) is 6.92 Å². The van der Waals surface area contributed by atoms with Crippen LogP contribution in [0, 0.1) is 6.92 Å². The number of hydrogen-bond acceptors (Lipinski definition) is 1. The molecule has 0 bridgehead atoms. The van der Waals surface area contributed by atoms with Crippen LogP contribution >= 0.6 is 0 Å². The minimum absolute atomic E-state index is 0.609. The van der Waals surface area contributed by atoms with E-state index in [1.165, 1.54) is 0 Å². The minimum Gasteiger partial charge on any atom is -0.350 e. The summed E-state index contributed by atoms with van der Waals surface area (Å²) in [6.45, 7) is 2.22. The monoisotopic (exact) mass is 122 g/mol. The van der Waals surface area contributed by atoms with E-state index in [0.717, 1.165) is 0 Å². The zero-order chi connectivity index (χ0) is 6.57. The molecule has 0 fully saturated rings. The van der Waals surface area contributed by atoms with E-state index in [9.17, 15) is 13.6 Å². The van der Waals surface area contributed by atoms with Gasteiger partial charge in [0, 0.05) is 6.92 Å². The topological polar surface area (TPSA) is 29.1 Å². The Bertz CT molecular complexity index is 84.1. The van der Waals surface area contributed by atoms with Crippen molar-refractivity contribution in [3.05, 3.63) is 6.92 Å². The third-order valence-corrected chi connectivity index (χ3v) is 0.454. The highest BCUT2D eigenvalue weighted by atomic mass is 19.3. The molecule has 4 heteroatoms. The molecular formula is C4H6F2NO. The molecule has 2 nitrogen and oxygen atoms in total. The third-order valence-electron chi connectivity index (χ3n) is 0.454. The molecule has 0 aliphatic rings. The van der Waals surface area contributed by atoms with Crippen molar-refractivity contribution in [1.82, 2.24) is 5.32 Å². The first kappa shape index (κ1) is 7.33. The van der Waals surface area contributed by atoms with Crippen molar-refractivity contribution < 1.29 is 13.6 Å². The smallest absolute Gasteiger partial charge is 0.255 e. The molecule has 0 aliphatic heterocycles. The first-order valence-corrected chi connectivity index (χ1v) is 2.01. The van der Waals surface area contributed by atoms with Crippen molar-refractivity contribution in [1.29, 1.82) is 0 Å². The number of alkyl halides is 2. The third kappa shape index (κ3) is 5.33. The summed E-state index contributed by atoms with van der Waals surface area (Å²) in [5.74, 6) is -0.676. The zero-order valence-electron chi connectivity index (χ0n) is 4.16. The van der Waals surface area contributed by atoms with Crippen LogP contribution in [0.5, 0.6) is 0 Å². The summed E-state index contributed by atoms with van der Waals surface area (Å²) in [7, 11) is 0. The van der Waals surface area contributed by atoms with Crippen molar-refractivity contribution in [2.75, 3.05) is 6.54 Å². The number of carbonyl (C=O) groups is 1. The lowest BCUT2D eigenvalue weighted by atomic mass is 10.6. The van der Waals surface area contributed by atoms with Gasteiger partial charge in [0.15, 0.2) is 0 Å². The molecule has 0 heterocycles. The molecule has 1 amide bonds. The average Bonchev–Trinajstić information content (AvgIpc) is 1.61. The first-order chi connectivity index (χ1) is 3.63. The number of halogens is 2. The standard InChI is InChI=1S/C4H6F2NO/c1-3(8)7-2-4(5)6/h4H,1-2H2,(H,7,8). The van der Waals surface area contributed by atoms with Crippen LogP contribution in [-0.2, 0) is 4.79 Å². The summed E-state index contributed by atoms with van der Waals surface area (Å²) in [5, 5.41) is 1.84. The number of carbonyl (C=O) groups excluding carboxylic acids is 1. The van der Waals surface area contributed by atoms with Crippen molar-refractivity contribution in [2.24, 2.45) is 0 Å². The molecule has 0 aromatic rings. The van der Waals surface area contributed by atoms with Gasteiger partial charge in [0.25, 0.3) is 6.43 Å². The molecule has 0 saturated carbocycles. The van der Waals surface area contributed by atoms with Crippen molar-refractivity contribution in [2.45, 2.75) is 6.43 Å². The Morgan fingerprint density at radius 2 is 2.25 bits per heavy atom. The van der Waals surface area contributed by atoms with Gasteiger partial charge in [0.05, 0.1) is 6.54 Å². The second-order valence-corrected chi connectivity index (χ2v) is 1.20. The van der Waals surface area contributed by atoms with E-state index >= 15 is 0 Å². The molecule has 0 rings (SSSR count). The van der Waals surface area contributed by atoms with Gasteiger partial charge in [-0.25, -0.2) is 8.78 Å².